The molecule has 0 aliphatic rings. The zero-order valence-corrected chi connectivity index (χ0v) is 16.1. The van der Waals surface area contributed by atoms with Gasteiger partial charge in [0.15, 0.2) is 0 Å². The monoisotopic (exact) mass is 391 g/mol. The Morgan fingerprint density at radius 1 is 1.03 bits per heavy atom. The summed E-state index contributed by atoms with van der Waals surface area (Å²) in [5.74, 6) is 0.361. The van der Waals surface area contributed by atoms with Crippen LogP contribution in [0.3, 0.4) is 0 Å². The van der Waals surface area contributed by atoms with E-state index in [-0.39, 0.29) is 12.5 Å². The van der Waals surface area contributed by atoms with Crippen molar-refractivity contribution in [2.75, 3.05) is 24.4 Å². The second kappa shape index (κ2) is 9.36. The normalized spacial score (nSPS) is 10.1. The van der Waals surface area contributed by atoms with Crippen LogP contribution >= 0.6 is 0 Å². The number of rotatable bonds is 7. The zero-order valence-electron chi connectivity index (χ0n) is 16.1. The minimum atomic E-state index is -0.428. The molecule has 0 aliphatic carbocycles. The number of hydrogen-bond acceptors (Lipinski definition) is 6. The summed E-state index contributed by atoms with van der Waals surface area (Å²) in [5.41, 5.74) is 1.97. The van der Waals surface area contributed by atoms with Gasteiger partial charge in [-0.1, -0.05) is 18.2 Å². The first kappa shape index (κ1) is 19.9. The van der Waals surface area contributed by atoms with Crippen molar-refractivity contribution >= 4 is 29.1 Å². The first-order chi connectivity index (χ1) is 14.1. The molecule has 2 N–H and O–H groups in total. The fourth-order valence-corrected chi connectivity index (χ4v) is 2.66. The summed E-state index contributed by atoms with van der Waals surface area (Å²) in [4.78, 5) is 29.0. The summed E-state index contributed by atoms with van der Waals surface area (Å²) in [7, 11) is 1.57. The van der Waals surface area contributed by atoms with Gasteiger partial charge in [-0.25, -0.2) is 9.78 Å². The molecule has 0 unspecified atom stereocenters. The third-order valence-corrected chi connectivity index (χ3v) is 4.03. The number of amides is 1. The number of methoxy groups -OCH3 is 1. The highest BCUT2D eigenvalue weighted by Gasteiger charge is 2.13. The summed E-state index contributed by atoms with van der Waals surface area (Å²) in [6.45, 7) is 2.03. The highest BCUT2D eigenvalue weighted by Crippen LogP contribution is 2.22. The lowest BCUT2D eigenvalue weighted by molar-refractivity contribution is 0.0527. The number of esters is 1. The number of benzene rings is 2. The maximum atomic E-state index is 12.6. The van der Waals surface area contributed by atoms with Gasteiger partial charge in [0.1, 0.15) is 11.6 Å². The molecule has 148 valence electrons. The molecule has 3 aromatic rings. The Labute approximate surface area is 168 Å². The van der Waals surface area contributed by atoms with Gasteiger partial charge < -0.3 is 20.1 Å². The molecule has 0 saturated carbocycles. The molecular formula is C22H21N3O4. The molecule has 29 heavy (non-hydrogen) atoms. The predicted octanol–water partition coefficient (Wildman–Crippen LogP) is 4.26. The number of aromatic nitrogens is 1. The fraction of sp³-hybridized carbons (Fsp3) is 0.136. The van der Waals surface area contributed by atoms with Crippen molar-refractivity contribution in [1.29, 1.82) is 0 Å². The molecule has 2 aromatic carbocycles. The number of anilines is 3. The van der Waals surface area contributed by atoms with Gasteiger partial charge in [0, 0.05) is 23.5 Å². The Morgan fingerprint density at radius 3 is 2.66 bits per heavy atom. The van der Waals surface area contributed by atoms with Crippen molar-refractivity contribution in [3.63, 3.8) is 0 Å². The lowest BCUT2D eigenvalue weighted by atomic mass is 10.1. The summed E-state index contributed by atoms with van der Waals surface area (Å²) in [6.07, 6.45) is 1.52. The molecule has 0 fully saturated rings. The van der Waals surface area contributed by atoms with Crippen molar-refractivity contribution in [3.05, 3.63) is 78.0 Å². The molecular weight excluding hydrogens is 370 g/mol. The highest BCUT2D eigenvalue weighted by molar-refractivity contribution is 6.05. The lowest BCUT2D eigenvalue weighted by Gasteiger charge is -2.12. The van der Waals surface area contributed by atoms with Gasteiger partial charge in [-0.3, -0.25) is 4.79 Å². The van der Waals surface area contributed by atoms with E-state index < -0.39 is 5.97 Å². The molecule has 1 aromatic heterocycles. The number of carbonyl (C=O) groups excluding carboxylic acids is 2. The van der Waals surface area contributed by atoms with E-state index in [4.69, 9.17) is 9.47 Å². The lowest BCUT2D eigenvalue weighted by Crippen LogP contribution is -2.13. The minimum absolute atomic E-state index is 0.283. The molecule has 0 saturated heterocycles. The smallest absolute Gasteiger partial charge is 0.340 e. The highest BCUT2D eigenvalue weighted by atomic mass is 16.5. The third-order valence-electron chi connectivity index (χ3n) is 4.03. The van der Waals surface area contributed by atoms with Crippen molar-refractivity contribution < 1.29 is 19.1 Å². The molecule has 0 atom stereocenters. The summed E-state index contributed by atoms with van der Waals surface area (Å²) >= 11 is 0. The second-order valence-electron chi connectivity index (χ2n) is 6.01. The number of para-hydroxylation sites is 1. The largest absolute Gasteiger partial charge is 0.497 e. The van der Waals surface area contributed by atoms with Crippen molar-refractivity contribution in [2.45, 2.75) is 6.92 Å². The van der Waals surface area contributed by atoms with Crippen LogP contribution in [0.25, 0.3) is 0 Å². The number of nitrogens with zero attached hydrogens (tertiary/aromatic N) is 1. The average Bonchev–Trinajstić information content (AvgIpc) is 2.74. The maximum Gasteiger partial charge on any atom is 0.340 e. The van der Waals surface area contributed by atoms with E-state index in [1.165, 1.54) is 6.20 Å². The van der Waals surface area contributed by atoms with Crippen LogP contribution in [0.4, 0.5) is 17.2 Å². The van der Waals surface area contributed by atoms with E-state index in [1.54, 1.807) is 74.7 Å². The van der Waals surface area contributed by atoms with Gasteiger partial charge in [0.05, 0.1) is 25.0 Å². The van der Waals surface area contributed by atoms with E-state index in [2.05, 4.69) is 15.6 Å². The predicted molar refractivity (Wildman–Crippen MR) is 111 cm³/mol. The number of hydrogen-bond donors (Lipinski definition) is 2. The van der Waals surface area contributed by atoms with Gasteiger partial charge in [-0.05, 0) is 43.3 Å². The average molecular weight is 391 g/mol. The van der Waals surface area contributed by atoms with Crippen LogP contribution in [0, 0.1) is 0 Å². The Hall–Kier alpha value is -3.87. The molecule has 7 heteroatoms. The van der Waals surface area contributed by atoms with E-state index in [0.29, 0.717) is 34.1 Å². The molecule has 7 nitrogen and oxygen atoms in total. The van der Waals surface area contributed by atoms with Crippen LogP contribution in [0.5, 0.6) is 5.75 Å². The summed E-state index contributed by atoms with van der Waals surface area (Å²) in [5, 5.41) is 5.90. The molecule has 1 heterocycles. The van der Waals surface area contributed by atoms with Crippen molar-refractivity contribution in [3.8, 4) is 5.75 Å². The van der Waals surface area contributed by atoms with Gasteiger partial charge in [0.2, 0.25) is 0 Å². The van der Waals surface area contributed by atoms with Crippen LogP contribution in [0.2, 0.25) is 0 Å². The minimum Gasteiger partial charge on any atom is -0.497 e. The third kappa shape index (κ3) is 5.10. The first-order valence-electron chi connectivity index (χ1n) is 9.05. The topological polar surface area (TPSA) is 89.5 Å². The van der Waals surface area contributed by atoms with Crippen molar-refractivity contribution in [1.82, 2.24) is 4.98 Å². The summed E-state index contributed by atoms with van der Waals surface area (Å²) < 4.78 is 10.2. The molecule has 1 amide bonds. The quantitative estimate of drug-likeness (QED) is 0.585. The zero-order chi connectivity index (χ0) is 20.6. The van der Waals surface area contributed by atoms with Crippen LogP contribution in [0.1, 0.15) is 27.6 Å². The van der Waals surface area contributed by atoms with E-state index in [0.717, 1.165) is 0 Å². The maximum absolute atomic E-state index is 12.6. The molecule has 0 aliphatic heterocycles. The van der Waals surface area contributed by atoms with Gasteiger partial charge in [0.25, 0.3) is 5.91 Å². The number of pyridine rings is 1. The first-order valence-corrected chi connectivity index (χ1v) is 9.05. The molecule has 0 radical (unpaired) electrons. The van der Waals surface area contributed by atoms with E-state index in [9.17, 15) is 9.59 Å². The van der Waals surface area contributed by atoms with Crippen LogP contribution in [-0.4, -0.2) is 30.6 Å². The van der Waals surface area contributed by atoms with E-state index in [1.807, 2.05) is 0 Å². The number of nitrogens with one attached hydrogen (secondary N) is 2. The van der Waals surface area contributed by atoms with Crippen molar-refractivity contribution in [2.24, 2.45) is 0 Å². The molecule has 0 bridgehead atoms. The SMILES string of the molecule is CCOC(=O)c1ccccc1Nc1cc(C(=O)Nc2cccc(OC)c2)ccn1. The van der Waals surface area contributed by atoms with Crippen LogP contribution in [0.15, 0.2) is 66.9 Å². The number of carbonyl (C=O) groups is 2. The number of ether oxygens (including phenoxy) is 2. The van der Waals surface area contributed by atoms with Crippen LogP contribution < -0.4 is 15.4 Å². The Balaban J connectivity index is 1.78. The van der Waals surface area contributed by atoms with Gasteiger partial charge in [-0.2, -0.15) is 0 Å². The second-order valence-corrected chi connectivity index (χ2v) is 6.01. The fourth-order valence-electron chi connectivity index (χ4n) is 2.66. The Morgan fingerprint density at radius 2 is 1.86 bits per heavy atom. The van der Waals surface area contributed by atoms with Gasteiger partial charge >= 0.3 is 5.97 Å². The van der Waals surface area contributed by atoms with Crippen LogP contribution in [-0.2, 0) is 4.74 Å². The standard InChI is InChI=1S/C22H21N3O4/c1-3-29-22(27)18-9-4-5-10-19(18)25-20-13-15(11-12-23-20)21(26)24-16-7-6-8-17(14-16)28-2/h4-14H,3H2,1-2H3,(H,23,25)(H,24,26). The summed E-state index contributed by atoms with van der Waals surface area (Å²) in [6, 6.07) is 17.3. The van der Waals surface area contributed by atoms with Gasteiger partial charge in [-0.15, -0.1) is 0 Å². The Kier molecular flexibility index (Phi) is 6.42. The molecule has 3 rings (SSSR count). The van der Waals surface area contributed by atoms with E-state index >= 15 is 0 Å². The molecule has 0 spiro atoms. The Bertz CT molecular complexity index is 1020.